The summed E-state index contributed by atoms with van der Waals surface area (Å²) in [6.07, 6.45) is 1.28. The van der Waals surface area contributed by atoms with E-state index >= 15 is 0 Å². The second-order valence-electron chi connectivity index (χ2n) is 4.06. The number of aliphatic hydroxyl groups is 1. The lowest BCUT2D eigenvalue weighted by atomic mass is 10.00. The number of aryl methyl sites for hydroxylation is 1. The van der Waals surface area contributed by atoms with Crippen LogP contribution in [0, 0.1) is 5.82 Å². The van der Waals surface area contributed by atoms with Gasteiger partial charge in [-0.15, -0.1) is 0 Å². The largest absolute Gasteiger partial charge is 0.496 e. The van der Waals surface area contributed by atoms with Gasteiger partial charge in [0.25, 0.3) is 0 Å². The lowest BCUT2D eigenvalue weighted by Crippen LogP contribution is -2.04. The SMILES string of the molecule is CCc1occc1C(O)c1cc(Br)c(F)cc1OC. The molecule has 0 saturated carbocycles. The van der Waals surface area contributed by atoms with Crippen LogP contribution in [0.1, 0.15) is 29.9 Å². The zero-order chi connectivity index (χ0) is 14.0. The van der Waals surface area contributed by atoms with Crippen LogP contribution in [0.15, 0.2) is 33.4 Å². The normalized spacial score (nSPS) is 12.5. The third-order valence-corrected chi connectivity index (χ3v) is 3.57. The number of hydrogen-bond donors (Lipinski definition) is 1. The molecule has 1 aromatic heterocycles. The minimum absolute atomic E-state index is 0.281. The Morgan fingerprint density at radius 3 is 2.79 bits per heavy atom. The number of halogens is 2. The minimum atomic E-state index is -0.916. The lowest BCUT2D eigenvalue weighted by Gasteiger charge is -2.15. The van der Waals surface area contributed by atoms with E-state index in [0.717, 1.165) is 0 Å². The average molecular weight is 329 g/mol. The van der Waals surface area contributed by atoms with Crippen molar-refractivity contribution in [2.75, 3.05) is 7.11 Å². The number of ether oxygens (including phenoxy) is 1. The molecule has 19 heavy (non-hydrogen) atoms. The molecule has 1 unspecified atom stereocenters. The van der Waals surface area contributed by atoms with Gasteiger partial charge in [0, 0.05) is 23.6 Å². The molecule has 2 aromatic rings. The van der Waals surface area contributed by atoms with Gasteiger partial charge in [0.2, 0.25) is 0 Å². The first-order chi connectivity index (χ1) is 9.08. The molecule has 0 fully saturated rings. The third-order valence-electron chi connectivity index (χ3n) is 2.96. The van der Waals surface area contributed by atoms with Crippen LogP contribution in [-0.2, 0) is 6.42 Å². The zero-order valence-electron chi connectivity index (χ0n) is 10.6. The molecule has 0 spiro atoms. The fourth-order valence-electron chi connectivity index (χ4n) is 1.98. The van der Waals surface area contributed by atoms with Crippen LogP contribution in [0.4, 0.5) is 4.39 Å². The molecular formula is C14H14BrFO3. The fraction of sp³-hybridized carbons (Fsp3) is 0.286. The van der Waals surface area contributed by atoms with Crippen LogP contribution in [0.25, 0.3) is 0 Å². The van der Waals surface area contributed by atoms with Gasteiger partial charge in [-0.3, -0.25) is 0 Å². The van der Waals surface area contributed by atoms with Crippen LogP contribution in [-0.4, -0.2) is 12.2 Å². The van der Waals surface area contributed by atoms with Gasteiger partial charge in [0.15, 0.2) is 0 Å². The summed E-state index contributed by atoms with van der Waals surface area (Å²) in [6.45, 7) is 1.94. The van der Waals surface area contributed by atoms with Gasteiger partial charge in [0.05, 0.1) is 17.8 Å². The third kappa shape index (κ3) is 2.67. The Balaban J connectivity index is 2.49. The highest BCUT2D eigenvalue weighted by molar-refractivity contribution is 9.10. The molecule has 3 nitrogen and oxygen atoms in total. The van der Waals surface area contributed by atoms with Gasteiger partial charge in [-0.1, -0.05) is 6.92 Å². The quantitative estimate of drug-likeness (QED) is 0.927. The van der Waals surface area contributed by atoms with E-state index in [2.05, 4.69) is 15.9 Å². The Kier molecular flexibility index (Phi) is 4.27. The number of furan rings is 1. The summed E-state index contributed by atoms with van der Waals surface area (Å²) in [5.41, 5.74) is 1.16. The minimum Gasteiger partial charge on any atom is -0.496 e. The van der Waals surface area contributed by atoms with E-state index < -0.39 is 11.9 Å². The zero-order valence-corrected chi connectivity index (χ0v) is 12.2. The summed E-state index contributed by atoms with van der Waals surface area (Å²) < 4.78 is 24.2. The standard InChI is InChI=1S/C14H14BrFO3/c1-3-12-8(4-5-19-12)14(17)9-6-10(15)11(16)7-13(9)18-2/h4-7,14,17H,3H2,1-2H3. The topological polar surface area (TPSA) is 42.6 Å². The Morgan fingerprint density at radius 2 is 2.16 bits per heavy atom. The van der Waals surface area contributed by atoms with Crippen molar-refractivity contribution in [1.29, 1.82) is 0 Å². The van der Waals surface area contributed by atoms with E-state index in [-0.39, 0.29) is 4.47 Å². The monoisotopic (exact) mass is 328 g/mol. The summed E-state index contributed by atoms with van der Waals surface area (Å²) in [4.78, 5) is 0. The molecule has 1 heterocycles. The number of hydrogen-bond acceptors (Lipinski definition) is 3. The van der Waals surface area contributed by atoms with E-state index in [1.165, 1.54) is 25.5 Å². The second kappa shape index (κ2) is 5.75. The van der Waals surface area contributed by atoms with Crippen molar-refractivity contribution in [1.82, 2.24) is 0 Å². The molecule has 1 N–H and O–H groups in total. The summed E-state index contributed by atoms with van der Waals surface area (Å²) >= 11 is 3.11. The molecule has 102 valence electrons. The second-order valence-corrected chi connectivity index (χ2v) is 4.92. The lowest BCUT2D eigenvalue weighted by molar-refractivity contribution is 0.211. The van der Waals surface area contributed by atoms with E-state index in [9.17, 15) is 9.50 Å². The van der Waals surface area contributed by atoms with E-state index in [0.29, 0.717) is 29.1 Å². The Labute approximate surface area is 119 Å². The first kappa shape index (κ1) is 14.1. The summed E-state index contributed by atoms with van der Waals surface area (Å²) in [7, 11) is 1.44. The highest BCUT2D eigenvalue weighted by Crippen LogP contribution is 2.35. The molecule has 0 saturated heterocycles. The maximum absolute atomic E-state index is 13.5. The summed E-state index contributed by atoms with van der Waals surface area (Å²) in [6, 6.07) is 4.47. The average Bonchev–Trinajstić information content (AvgIpc) is 2.88. The van der Waals surface area contributed by atoms with E-state index in [1.54, 1.807) is 6.07 Å². The molecule has 0 aliphatic carbocycles. The van der Waals surface area contributed by atoms with Crippen molar-refractivity contribution in [3.8, 4) is 5.75 Å². The Bertz CT molecular complexity index is 580. The maximum atomic E-state index is 13.5. The van der Waals surface area contributed by atoms with Crippen molar-refractivity contribution in [2.24, 2.45) is 0 Å². The smallest absolute Gasteiger partial charge is 0.141 e. The molecule has 1 aromatic carbocycles. The molecule has 0 aliphatic heterocycles. The highest BCUT2D eigenvalue weighted by Gasteiger charge is 2.21. The number of rotatable bonds is 4. The maximum Gasteiger partial charge on any atom is 0.141 e. The first-order valence-electron chi connectivity index (χ1n) is 5.85. The molecule has 5 heteroatoms. The molecule has 0 bridgehead atoms. The summed E-state index contributed by atoms with van der Waals surface area (Å²) in [5, 5.41) is 10.4. The van der Waals surface area contributed by atoms with Crippen LogP contribution in [0.3, 0.4) is 0 Å². The van der Waals surface area contributed by atoms with Crippen molar-refractivity contribution >= 4 is 15.9 Å². The van der Waals surface area contributed by atoms with Crippen LogP contribution in [0.5, 0.6) is 5.75 Å². The van der Waals surface area contributed by atoms with Crippen molar-refractivity contribution in [2.45, 2.75) is 19.4 Å². The predicted molar refractivity (Wildman–Crippen MR) is 72.8 cm³/mol. The van der Waals surface area contributed by atoms with Crippen LogP contribution in [0.2, 0.25) is 0 Å². The van der Waals surface area contributed by atoms with Crippen molar-refractivity contribution < 1.29 is 18.7 Å². The van der Waals surface area contributed by atoms with E-state index in [4.69, 9.17) is 9.15 Å². The Morgan fingerprint density at radius 1 is 1.42 bits per heavy atom. The van der Waals surface area contributed by atoms with Gasteiger partial charge in [0.1, 0.15) is 23.4 Å². The highest BCUT2D eigenvalue weighted by atomic mass is 79.9. The number of benzene rings is 1. The Hall–Kier alpha value is -1.33. The van der Waals surface area contributed by atoms with Crippen molar-refractivity contribution in [3.05, 3.63) is 51.6 Å². The van der Waals surface area contributed by atoms with Crippen molar-refractivity contribution in [3.63, 3.8) is 0 Å². The van der Waals surface area contributed by atoms with Gasteiger partial charge in [-0.2, -0.15) is 0 Å². The van der Waals surface area contributed by atoms with E-state index in [1.807, 2.05) is 6.92 Å². The molecule has 2 rings (SSSR count). The summed E-state index contributed by atoms with van der Waals surface area (Å²) in [5.74, 6) is 0.571. The number of methoxy groups -OCH3 is 1. The molecule has 0 radical (unpaired) electrons. The van der Waals surface area contributed by atoms with Crippen LogP contribution >= 0.6 is 15.9 Å². The molecule has 0 aliphatic rings. The van der Waals surface area contributed by atoms with Gasteiger partial charge in [-0.25, -0.2) is 4.39 Å². The fourth-order valence-corrected chi connectivity index (χ4v) is 2.34. The predicted octanol–water partition coefficient (Wildman–Crippen LogP) is 3.83. The molecular weight excluding hydrogens is 315 g/mol. The molecule has 0 amide bonds. The van der Waals surface area contributed by atoms with Gasteiger partial charge < -0.3 is 14.3 Å². The number of aliphatic hydroxyl groups excluding tert-OH is 1. The first-order valence-corrected chi connectivity index (χ1v) is 6.65. The van der Waals surface area contributed by atoms with Gasteiger partial charge >= 0.3 is 0 Å². The molecule has 1 atom stereocenters. The van der Waals surface area contributed by atoms with Gasteiger partial charge in [-0.05, 0) is 28.1 Å². The van der Waals surface area contributed by atoms with Crippen LogP contribution < -0.4 is 4.74 Å².